The number of aromatic nitrogens is 1. The summed E-state index contributed by atoms with van der Waals surface area (Å²) in [6.45, 7) is 0.287. The van der Waals surface area contributed by atoms with Crippen molar-refractivity contribution in [3.05, 3.63) is 40.3 Å². The molecule has 2 aliphatic rings. The summed E-state index contributed by atoms with van der Waals surface area (Å²) in [6, 6.07) is 0. The number of aryl methyl sites for hydroxylation is 1. The Hall–Kier alpha value is -2.00. The van der Waals surface area contributed by atoms with Gasteiger partial charge in [0.1, 0.15) is 0 Å². The second-order valence-electron chi connectivity index (χ2n) is 4.53. The zero-order chi connectivity index (χ0) is 15.0. The summed E-state index contributed by atoms with van der Waals surface area (Å²) in [5.74, 6) is -0.408. The van der Waals surface area contributed by atoms with Crippen LogP contribution in [0.2, 0.25) is 0 Å². The van der Waals surface area contributed by atoms with Crippen molar-refractivity contribution in [3.8, 4) is 0 Å². The molecule has 2 aliphatic heterocycles. The molecule has 0 fully saturated rings. The topological polar surface area (TPSA) is 84.1 Å². The second kappa shape index (κ2) is 5.08. The molecule has 0 unspecified atom stereocenters. The van der Waals surface area contributed by atoms with E-state index < -0.39 is 15.9 Å². The van der Waals surface area contributed by atoms with Crippen molar-refractivity contribution in [1.82, 2.24) is 9.47 Å². The van der Waals surface area contributed by atoms with E-state index in [0.717, 1.165) is 0 Å². The number of fused-ring (bicyclic) bond motifs is 1. The van der Waals surface area contributed by atoms with Crippen molar-refractivity contribution in [1.29, 1.82) is 0 Å². The number of thiazole rings is 1. The number of rotatable bonds is 1. The maximum atomic E-state index is 12.3. The number of carbonyl (C=O) groups excluding carboxylic acids is 1. The number of hydrogen-bond acceptors (Lipinski definition) is 5. The van der Waals surface area contributed by atoms with Gasteiger partial charge in [-0.05, 0) is 12.2 Å². The van der Waals surface area contributed by atoms with E-state index in [4.69, 9.17) is 0 Å². The molecule has 0 radical (unpaired) electrons. The van der Waals surface area contributed by atoms with Gasteiger partial charge in [-0.1, -0.05) is 0 Å². The van der Waals surface area contributed by atoms with E-state index in [0.29, 0.717) is 4.80 Å². The molecule has 0 atom stereocenters. The summed E-state index contributed by atoms with van der Waals surface area (Å²) in [6.07, 6.45) is 6.72. The van der Waals surface area contributed by atoms with Gasteiger partial charge >= 0.3 is 0 Å². The quantitative estimate of drug-likeness (QED) is 0.728. The highest BCUT2D eigenvalue weighted by molar-refractivity contribution is 7.90. The first kappa shape index (κ1) is 14.0. The van der Waals surface area contributed by atoms with Gasteiger partial charge in [-0.3, -0.25) is 4.79 Å². The molecule has 3 rings (SSSR count). The predicted octanol–water partition coefficient (Wildman–Crippen LogP) is 0.0115. The number of nitrogens with zero attached hydrogens (tertiary/aromatic N) is 4. The van der Waals surface area contributed by atoms with Crippen LogP contribution in [-0.2, 0) is 21.9 Å². The van der Waals surface area contributed by atoms with Gasteiger partial charge in [0.05, 0.1) is 11.3 Å². The van der Waals surface area contributed by atoms with Crippen molar-refractivity contribution in [2.45, 2.75) is 0 Å². The fourth-order valence-electron chi connectivity index (χ4n) is 1.96. The average molecular weight is 324 g/mol. The molecule has 0 saturated heterocycles. The van der Waals surface area contributed by atoms with Crippen molar-refractivity contribution < 1.29 is 13.2 Å². The summed E-state index contributed by atoms with van der Waals surface area (Å²) in [5, 5.41) is 1.82. The second-order valence-corrected chi connectivity index (χ2v) is 7.16. The normalized spacial score (nSPS) is 20.8. The number of carbonyl (C=O) groups is 1. The first-order valence-corrected chi connectivity index (χ1v) is 8.62. The smallest absolute Gasteiger partial charge is 0.283 e. The van der Waals surface area contributed by atoms with Gasteiger partial charge in [-0.2, -0.15) is 4.99 Å². The lowest BCUT2D eigenvalue weighted by Crippen LogP contribution is -2.39. The Labute approximate surface area is 125 Å². The number of allylic oxidation sites excluding steroid dienone is 2. The Morgan fingerprint density at radius 3 is 3.00 bits per heavy atom. The van der Waals surface area contributed by atoms with Crippen LogP contribution in [0.25, 0.3) is 0 Å². The number of hydrogen-bond donors (Lipinski definition) is 0. The van der Waals surface area contributed by atoms with E-state index in [2.05, 4.69) is 9.39 Å². The lowest BCUT2D eigenvalue weighted by molar-refractivity contribution is -0.114. The molecule has 110 valence electrons. The number of amidine groups is 1. The molecule has 21 heavy (non-hydrogen) atoms. The molecule has 1 aromatic rings. The third kappa shape index (κ3) is 2.74. The van der Waals surface area contributed by atoms with Crippen molar-refractivity contribution in [2.24, 2.45) is 16.4 Å². The fourth-order valence-corrected chi connectivity index (χ4v) is 3.68. The van der Waals surface area contributed by atoms with E-state index >= 15 is 0 Å². The average Bonchev–Trinajstić information content (AvgIpc) is 2.82. The minimum atomic E-state index is -3.51. The van der Waals surface area contributed by atoms with Gasteiger partial charge in [0.2, 0.25) is 0 Å². The standard InChI is InChI=1S/C12H12N4O3S2/c1-15-5-7-20-12(15)13-11(17)9-3-2-4-16-6-8-21(18,19)14-10(9)16/h2-5,7H,6,8H2,1H3. The van der Waals surface area contributed by atoms with Crippen LogP contribution in [0, 0.1) is 0 Å². The summed E-state index contributed by atoms with van der Waals surface area (Å²) in [4.78, 5) is 18.5. The van der Waals surface area contributed by atoms with E-state index in [1.165, 1.54) is 17.4 Å². The monoisotopic (exact) mass is 324 g/mol. The molecule has 1 aromatic heterocycles. The molecule has 3 heterocycles. The molecule has 0 saturated carbocycles. The van der Waals surface area contributed by atoms with Crippen LogP contribution in [0.5, 0.6) is 0 Å². The molecule has 0 spiro atoms. The Kier molecular flexibility index (Phi) is 3.38. The maximum Gasteiger partial charge on any atom is 0.283 e. The van der Waals surface area contributed by atoms with Crippen LogP contribution < -0.4 is 4.80 Å². The highest BCUT2D eigenvalue weighted by atomic mass is 32.2. The SMILES string of the molecule is Cn1ccsc1=NC(=O)C1=CC=CN2CCS(=O)(=O)N=C12. The third-order valence-corrected chi connectivity index (χ3v) is 5.04. The van der Waals surface area contributed by atoms with E-state index in [-0.39, 0.29) is 23.7 Å². The van der Waals surface area contributed by atoms with Gasteiger partial charge in [-0.25, -0.2) is 8.42 Å². The molecule has 0 N–H and O–H groups in total. The van der Waals surface area contributed by atoms with Crippen LogP contribution in [0.1, 0.15) is 0 Å². The highest BCUT2D eigenvalue weighted by Crippen LogP contribution is 2.18. The van der Waals surface area contributed by atoms with Crippen molar-refractivity contribution in [3.63, 3.8) is 0 Å². The first-order valence-electron chi connectivity index (χ1n) is 6.14. The fraction of sp³-hybridized carbons (Fsp3) is 0.250. The molecule has 0 bridgehead atoms. The molecular formula is C12H12N4O3S2. The Bertz CT molecular complexity index is 855. The van der Waals surface area contributed by atoms with Crippen molar-refractivity contribution >= 4 is 33.1 Å². The molecule has 0 aromatic carbocycles. The minimum absolute atomic E-state index is 0.0562. The third-order valence-electron chi connectivity index (χ3n) is 3.04. The molecule has 0 aliphatic carbocycles. The van der Waals surface area contributed by atoms with Gasteiger partial charge in [0, 0.05) is 31.4 Å². The zero-order valence-electron chi connectivity index (χ0n) is 11.1. The summed E-state index contributed by atoms with van der Waals surface area (Å²) >= 11 is 1.33. The Balaban J connectivity index is 2.04. The van der Waals surface area contributed by atoms with Gasteiger partial charge in [-0.15, -0.1) is 15.7 Å². The Morgan fingerprint density at radius 1 is 1.48 bits per heavy atom. The number of amides is 1. The summed E-state index contributed by atoms with van der Waals surface area (Å²) < 4.78 is 28.7. The highest BCUT2D eigenvalue weighted by Gasteiger charge is 2.29. The van der Waals surface area contributed by atoms with Crippen LogP contribution in [-0.4, -0.2) is 41.9 Å². The van der Waals surface area contributed by atoms with Gasteiger partial charge < -0.3 is 9.47 Å². The molecular weight excluding hydrogens is 312 g/mol. The van der Waals surface area contributed by atoms with Crippen LogP contribution in [0.15, 0.2) is 44.9 Å². The largest absolute Gasteiger partial charge is 0.331 e. The zero-order valence-corrected chi connectivity index (χ0v) is 12.8. The Morgan fingerprint density at radius 2 is 2.29 bits per heavy atom. The van der Waals surface area contributed by atoms with Crippen molar-refractivity contribution in [2.75, 3.05) is 12.3 Å². The summed E-state index contributed by atoms with van der Waals surface area (Å²) in [5.41, 5.74) is 0.189. The summed E-state index contributed by atoms with van der Waals surface area (Å²) in [7, 11) is -1.73. The van der Waals surface area contributed by atoms with Gasteiger partial charge in [0.25, 0.3) is 15.9 Å². The van der Waals surface area contributed by atoms with E-state index in [9.17, 15) is 13.2 Å². The number of sulfonamides is 1. The van der Waals surface area contributed by atoms with Crippen LogP contribution in [0.4, 0.5) is 0 Å². The lowest BCUT2D eigenvalue weighted by atomic mass is 10.1. The predicted molar refractivity (Wildman–Crippen MR) is 79.0 cm³/mol. The molecule has 1 amide bonds. The van der Waals surface area contributed by atoms with Crippen LogP contribution in [0.3, 0.4) is 0 Å². The van der Waals surface area contributed by atoms with Gasteiger partial charge in [0.15, 0.2) is 10.6 Å². The van der Waals surface area contributed by atoms with E-state index in [1.54, 1.807) is 35.0 Å². The maximum absolute atomic E-state index is 12.3. The molecule has 9 heteroatoms. The van der Waals surface area contributed by atoms with E-state index in [1.807, 2.05) is 5.38 Å². The van der Waals surface area contributed by atoms with Crippen LogP contribution >= 0.6 is 11.3 Å². The first-order chi connectivity index (χ1) is 9.96. The minimum Gasteiger partial charge on any atom is -0.331 e. The lowest BCUT2D eigenvalue weighted by Gasteiger charge is -2.27. The molecule has 7 nitrogen and oxygen atoms in total.